The topological polar surface area (TPSA) is 58.6 Å². The minimum Gasteiger partial charge on any atom is -0.385 e. The Labute approximate surface area is 111 Å². The van der Waals surface area contributed by atoms with Crippen LogP contribution in [0.1, 0.15) is 32.6 Å². The van der Waals surface area contributed by atoms with Crippen LogP contribution in [0.5, 0.6) is 0 Å². The van der Waals surface area contributed by atoms with Crippen LogP contribution in [0.15, 0.2) is 0 Å². The lowest BCUT2D eigenvalue weighted by Gasteiger charge is -2.38. The monoisotopic (exact) mass is 278 g/mol. The Balaban J connectivity index is 2.69. The molecule has 0 aromatic carbocycles. The van der Waals surface area contributed by atoms with Crippen molar-refractivity contribution < 1.29 is 13.2 Å². The van der Waals surface area contributed by atoms with Gasteiger partial charge in [-0.25, -0.2) is 8.42 Å². The van der Waals surface area contributed by atoms with E-state index in [0.717, 1.165) is 19.3 Å². The molecule has 2 unspecified atom stereocenters. The molecule has 0 aromatic heterocycles. The third-order valence-electron chi connectivity index (χ3n) is 3.64. The lowest BCUT2D eigenvalue weighted by molar-refractivity contribution is 0.195. The van der Waals surface area contributed by atoms with Crippen LogP contribution in [-0.4, -0.2) is 57.9 Å². The van der Waals surface area contributed by atoms with Gasteiger partial charge in [0.25, 0.3) is 0 Å². The zero-order valence-corrected chi connectivity index (χ0v) is 12.5. The van der Waals surface area contributed by atoms with Crippen LogP contribution < -0.4 is 5.32 Å². The number of nitrogens with zero attached hydrogens (tertiary/aromatic N) is 1. The van der Waals surface area contributed by atoms with Crippen molar-refractivity contribution in [2.75, 3.05) is 33.1 Å². The second-order valence-electron chi connectivity index (χ2n) is 4.91. The number of piperidine rings is 1. The lowest BCUT2D eigenvalue weighted by atomic mass is 9.99. The summed E-state index contributed by atoms with van der Waals surface area (Å²) in [5.74, 6) is 0.188. The first-order chi connectivity index (χ1) is 8.53. The molecule has 0 amide bonds. The number of rotatable bonds is 7. The summed E-state index contributed by atoms with van der Waals surface area (Å²) in [6.07, 6.45) is 3.60. The van der Waals surface area contributed by atoms with Crippen molar-refractivity contribution in [3.8, 4) is 0 Å². The van der Waals surface area contributed by atoms with Crippen LogP contribution in [0.25, 0.3) is 0 Å². The molecule has 18 heavy (non-hydrogen) atoms. The molecule has 1 rings (SSSR count). The van der Waals surface area contributed by atoms with Gasteiger partial charge in [-0.3, -0.25) is 0 Å². The van der Waals surface area contributed by atoms with Gasteiger partial charge in [0.2, 0.25) is 10.0 Å². The number of likely N-dealkylation sites (N-methyl/N-ethyl adjacent to an activating group) is 1. The molecule has 1 fully saturated rings. The van der Waals surface area contributed by atoms with E-state index in [9.17, 15) is 8.42 Å². The summed E-state index contributed by atoms with van der Waals surface area (Å²) in [4.78, 5) is 0. The summed E-state index contributed by atoms with van der Waals surface area (Å²) in [6, 6.07) is 0.291. The van der Waals surface area contributed by atoms with E-state index in [1.54, 1.807) is 11.4 Å². The first-order valence-electron chi connectivity index (χ1n) is 6.68. The molecule has 2 atom stereocenters. The first kappa shape index (κ1) is 15.9. The first-order valence-corrected chi connectivity index (χ1v) is 8.29. The normalized spacial score (nSPS) is 24.1. The van der Waals surface area contributed by atoms with Crippen molar-refractivity contribution in [1.82, 2.24) is 9.62 Å². The molecule has 0 spiro atoms. The van der Waals surface area contributed by atoms with Crippen molar-refractivity contribution in [2.24, 2.45) is 0 Å². The van der Waals surface area contributed by atoms with Gasteiger partial charge in [-0.1, -0.05) is 6.42 Å². The summed E-state index contributed by atoms with van der Waals surface area (Å²) in [5, 5.41) is 3.17. The molecule has 1 aliphatic heterocycles. The Hall–Kier alpha value is -0.170. The molecule has 0 aromatic rings. The van der Waals surface area contributed by atoms with E-state index in [0.29, 0.717) is 19.6 Å². The smallest absolute Gasteiger partial charge is 0.214 e. The quantitative estimate of drug-likeness (QED) is 0.700. The minimum absolute atomic E-state index is 0.0938. The van der Waals surface area contributed by atoms with E-state index in [1.807, 2.05) is 14.0 Å². The van der Waals surface area contributed by atoms with Gasteiger partial charge in [-0.05, 0) is 33.2 Å². The second-order valence-corrected chi connectivity index (χ2v) is 6.95. The summed E-state index contributed by atoms with van der Waals surface area (Å²) in [6.45, 7) is 3.21. The van der Waals surface area contributed by atoms with E-state index in [2.05, 4.69) is 5.32 Å². The molecule has 1 N–H and O–H groups in total. The van der Waals surface area contributed by atoms with Gasteiger partial charge in [-0.2, -0.15) is 4.31 Å². The Morgan fingerprint density at radius 1 is 1.44 bits per heavy atom. The molecule has 0 bridgehead atoms. The lowest BCUT2D eigenvalue weighted by Crippen LogP contribution is -2.53. The van der Waals surface area contributed by atoms with Crippen LogP contribution in [0.4, 0.5) is 0 Å². The predicted octanol–water partition coefficient (Wildman–Crippen LogP) is 0.815. The molecule has 0 radical (unpaired) electrons. The molecule has 1 heterocycles. The van der Waals surface area contributed by atoms with E-state index in [1.165, 1.54) is 0 Å². The highest BCUT2D eigenvalue weighted by atomic mass is 32.2. The zero-order valence-electron chi connectivity index (χ0n) is 11.7. The molecular weight excluding hydrogens is 252 g/mol. The van der Waals surface area contributed by atoms with Crippen LogP contribution in [-0.2, 0) is 14.8 Å². The number of nitrogens with one attached hydrogen (secondary N) is 1. The van der Waals surface area contributed by atoms with E-state index >= 15 is 0 Å². The highest BCUT2D eigenvalue weighted by molar-refractivity contribution is 7.89. The molecule has 1 aliphatic rings. The molecule has 6 heteroatoms. The Bertz CT molecular complexity index is 332. The molecule has 0 aliphatic carbocycles. The maximum atomic E-state index is 12.3. The van der Waals surface area contributed by atoms with Crippen molar-refractivity contribution in [3.05, 3.63) is 0 Å². The van der Waals surface area contributed by atoms with Crippen molar-refractivity contribution in [2.45, 2.75) is 44.7 Å². The van der Waals surface area contributed by atoms with Gasteiger partial charge >= 0.3 is 0 Å². The number of methoxy groups -OCH3 is 1. The minimum atomic E-state index is -3.15. The van der Waals surface area contributed by atoms with Crippen LogP contribution in [0.2, 0.25) is 0 Å². The van der Waals surface area contributed by atoms with Gasteiger partial charge in [-0.15, -0.1) is 0 Å². The highest BCUT2D eigenvalue weighted by Crippen LogP contribution is 2.23. The van der Waals surface area contributed by atoms with Crippen LogP contribution in [0.3, 0.4) is 0 Å². The van der Waals surface area contributed by atoms with Gasteiger partial charge in [0.1, 0.15) is 0 Å². The molecule has 108 valence electrons. The standard InChI is InChI=1S/C12H26N2O3S/c1-11(13-2)12-7-4-5-8-14(12)18(15,16)10-6-9-17-3/h11-13H,4-10H2,1-3H3. The summed E-state index contributed by atoms with van der Waals surface area (Å²) >= 11 is 0. The fraction of sp³-hybridized carbons (Fsp3) is 1.00. The van der Waals surface area contributed by atoms with Gasteiger partial charge in [0, 0.05) is 32.3 Å². The molecule has 0 saturated carbocycles. The van der Waals surface area contributed by atoms with E-state index in [4.69, 9.17) is 4.74 Å². The van der Waals surface area contributed by atoms with Gasteiger partial charge in [0.15, 0.2) is 0 Å². The van der Waals surface area contributed by atoms with Crippen LogP contribution in [0, 0.1) is 0 Å². The van der Waals surface area contributed by atoms with Crippen molar-refractivity contribution >= 4 is 10.0 Å². The molecule has 1 saturated heterocycles. The molecular formula is C12H26N2O3S. The van der Waals surface area contributed by atoms with Crippen molar-refractivity contribution in [1.29, 1.82) is 0 Å². The third kappa shape index (κ3) is 4.19. The zero-order chi connectivity index (χ0) is 13.6. The van der Waals surface area contributed by atoms with E-state index in [-0.39, 0.29) is 17.8 Å². The van der Waals surface area contributed by atoms with Gasteiger partial charge in [0.05, 0.1) is 5.75 Å². The SMILES string of the molecule is CNC(C)C1CCCCN1S(=O)(=O)CCCOC. The highest BCUT2D eigenvalue weighted by Gasteiger charge is 2.34. The number of sulfonamides is 1. The van der Waals surface area contributed by atoms with Crippen LogP contribution >= 0.6 is 0 Å². The Morgan fingerprint density at radius 3 is 2.78 bits per heavy atom. The Morgan fingerprint density at radius 2 is 2.17 bits per heavy atom. The maximum Gasteiger partial charge on any atom is 0.214 e. The molecule has 5 nitrogen and oxygen atoms in total. The van der Waals surface area contributed by atoms with Crippen molar-refractivity contribution in [3.63, 3.8) is 0 Å². The van der Waals surface area contributed by atoms with E-state index < -0.39 is 10.0 Å². The number of ether oxygens (including phenoxy) is 1. The largest absolute Gasteiger partial charge is 0.385 e. The number of hydrogen-bond donors (Lipinski definition) is 1. The van der Waals surface area contributed by atoms with Gasteiger partial charge < -0.3 is 10.1 Å². The number of hydrogen-bond acceptors (Lipinski definition) is 4. The maximum absolute atomic E-state index is 12.3. The summed E-state index contributed by atoms with van der Waals surface area (Å²) in [7, 11) is 0.334. The fourth-order valence-electron chi connectivity index (χ4n) is 2.47. The summed E-state index contributed by atoms with van der Waals surface area (Å²) < 4.78 is 31.3. The average molecular weight is 278 g/mol. The summed E-state index contributed by atoms with van der Waals surface area (Å²) in [5.41, 5.74) is 0. The predicted molar refractivity (Wildman–Crippen MR) is 73.1 cm³/mol. The second kappa shape index (κ2) is 7.43. The third-order valence-corrected chi connectivity index (χ3v) is 5.61. The Kier molecular flexibility index (Phi) is 6.55. The average Bonchev–Trinajstić information content (AvgIpc) is 2.38. The fourth-order valence-corrected chi connectivity index (χ4v) is 4.30.